The van der Waals surface area contributed by atoms with Gasteiger partial charge in [0, 0.05) is 25.2 Å². The molecule has 0 spiro atoms. The van der Waals surface area contributed by atoms with Gasteiger partial charge in [-0.15, -0.1) is 0 Å². The van der Waals surface area contributed by atoms with Crippen LogP contribution in [0, 0.1) is 11.7 Å². The maximum Gasteiger partial charge on any atom is 0.234 e. The highest BCUT2D eigenvalue weighted by Crippen LogP contribution is 2.35. The lowest BCUT2D eigenvalue weighted by Crippen LogP contribution is -2.48. The Balaban J connectivity index is 1.54. The highest BCUT2D eigenvalue weighted by atomic mass is 19.1. The summed E-state index contributed by atoms with van der Waals surface area (Å²) in [7, 11) is 0. The van der Waals surface area contributed by atoms with Crippen molar-refractivity contribution in [3.8, 4) is 0 Å². The summed E-state index contributed by atoms with van der Waals surface area (Å²) in [6, 6.07) is 7.71. The van der Waals surface area contributed by atoms with E-state index in [0.717, 1.165) is 44.3 Å². The SMILES string of the molecule is CC(C)NC1CCN(CC(=O)N[C@H](c2ccc(F)cc2)C2CCCC2)CC1. The number of hydrogen-bond acceptors (Lipinski definition) is 3. The molecule has 3 rings (SSSR count). The van der Waals surface area contributed by atoms with Gasteiger partial charge in [-0.3, -0.25) is 9.69 Å². The van der Waals surface area contributed by atoms with Gasteiger partial charge in [0.25, 0.3) is 0 Å². The number of rotatable bonds is 7. The van der Waals surface area contributed by atoms with E-state index in [1.54, 1.807) is 0 Å². The van der Waals surface area contributed by atoms with Gasteiger partial charge in [0.2, 0.25) is 5.91 Å². The molecule has 1 amide bonds. The van der Waals surface area contributed by atoms with Crippen LogP contribution in [0.1, 0.15) is 64.0 Å². The molecule has 1 aliphatic heterocycles. The molecule has 1 aromatic carbocycles. The number of carbonyl (C=O) groups is 1. The van der Waals surface area contributed by atoms with Crippen molar-refractivity contribution in [3.63, 3.8) is 0 Å². The average Bonchev–Trinajstić information content (AvgIpc) is 3.16. The lowest BCUT2D eigenvalue weighted by atomic mass is 9.91. The van der Waals surface area contributed by atoms with Gasteiger partial charge in [-0.2, -0.15) is 0 Å². The Kier molecular flexibility index (Phi) is 7.25. The summed E-state index contributed by atoms with van der Waals surface area (Å²) in [5.41, 5.74) is 1.02. The van der Waals surface area contributed by atoms with Crippen molar-refractivity contribution in [1.29, 1.82) is 0 Å². The predicted octanol–water partition coefficient (Wildman–Crippen LogP) is 3.64. The van der Waals surface area contributed by atoms with Crippen LogP contribution in [0.15, 0.2) is 24.3 Å². The molecule has 4 nitrogen and oxygen atoms in total. The zero-order valence-electron chi connectivity index (χ0n) is 16.7. The molecule has 0 radical (unpaired) electrons. The van der Waals surface area contributed by atoms with Crippen LogP contribution in [0.3, 0.4) is 0 Å². The van der Waals surface area contributed by atoms with Gasteiger partial charge >= 0.3 is 0 Å². The van der Waals surface area contributed by atoms with Crippen LogP contribution in [0.2, 0.25) is 0 Å². The van der Waals surface area contributed by atoms with Crippen molar-refractivity contribution >= 4 is 5.91 Å². The third-order valence-corrected chi connectivity index (χ3v) is 5.94. The first-order valence-corrected chi connectivity index (χ1v) is 10.5. The zero-order chi connectivity index (χ0) is 19.2. The first kappa shape index (κ1) is 20.3. The fourth-order valence-corrected chi connectivity index (χ4v) is 4.59. The van der Waals surface area contributed by atoms with Gasteiger partial charge in [0.1, 0.15) is 5.82 Å². The minimum atomic E-state index is -0.229. The minimum absolute atomic E-state index is 0.000691. The second-order valence-electron chi connectivity index (χ2n) is 8.51. The third-order valence-electron chi connectivity index (χ3n) is 5.94. The average molecular weight is 376 g/mol. The highest BCUT2D eigenvalue weighted by molar-refractivity contribution is 5.78. The molecule has 2 fully saturated rings. The Hall–Kier alpha value is -1.46. The molecule has 1 atom stereocenters. The first-order chi connectivity index (χ1) is 13.0. The van der Waals surface area contributed by atoms with Gasteiger partial charge < -0.3 is 10.6 Å². The van der Waals surface area contributed by atoms with Gasteiger partial charge in [-0.25, -0.2) is 4.39 Å². The molecular weight excluding hydrogens is 341 g/mol. The number of carbonyl (C=O) groups excluding carboxylic acids is 1. The summed E-state index contributed by atoms with van der Waals surface area (Å²) in [4.78, 5) is 15.0. The minimum Gasteiger partial charge on any atom is -0.348 e. The van der Waals surface area contributed by atoms with Crippen molar-refractivity contribution in [2.45, 2.75) is 70.5 Å². The number of likely N-dealkylation sites (tertiary alicyclic amines) is 1. The summed E-state index contributed by atoms with van der Waals surface area (Å²) in [5, 5.41) is 6.86. The Morgan fingerprint density at radius 3 is 2.33 bits per heavy atom. The molecule has 0 unspecified atom stereocenters. The number of hydrogen-bond donors (Lipinski definition) is 2. The van der Waals surface area contributed by atoms with E-state index < -0.39 is 0 Å². The molecule has 1 heterocycles. The van der Waals surface area contributed by atoms with Crippen LogP contribution in [-0.2, 0) is 4.79 Å². The van der Waals surface area contributed by atoms with Crippen LogP contribution < -0.4 is 10.6 Å². The molecule has 5 heteroatoms. The molecule has 150 valence electrons. The summed E-state index contributed by atoms with van der Waals surface area (Å²) in [5.74, 6) is 0.319. The quantitative estimate of drug-likeness (QED) is 0.765. The number of nitrogens with one attached hydrogen (secondary N) is 2. The van der Waals surface area contributed by atoms with E-state index in [1.807, 2.05) is 12.1 Å². The first-order valence-electron chi connectivity index (χ1n) is 10.5. The molecule has 1 saturated heterocycles. The van der Waals surface area contributed by atoms with Crippen molar-refractivity contribution in [2.75, 3.05) is 19.6 Å². The fraction of sp³-hybridized carbons (Fsp3) is 0.682. The molecule has 1 aliphatic carbocycles. The number of nitrogens with zero attached hydrogens (tertiary/aromatic N) is 1. The Morgan fingerprint density at radius 1 is 1.11 bits per heavy atom. The van der Waals surface area contributed by atoms with E-state index in [1.165, 1.54) is 25.0 Å². The molecule has 0 aromatic heterocycles. The number of amides is 1. The second kappa shape index (κ2) is 9.65. The molecule has 1 saturated carbocycles. The molecule has 1 aromatic rings. The summed E-state index contributed by atoms with van der Waals surface area (Å²) in [6.45, 7) is 6.74. The van der Waals surface area contributed by atoms with Crippen LogP contribution in [-0.4, -0.2) is 42.5 Å². The monoisotopic (exact) mass is 375 g/mol. The van der Waals surface area contributed by atoms with Crippen LogP contribution in [0.25, 0.3) is 0 Å². The fourth-order valence-electron chi connectivity index (χ4n) is 4.59. The number of benzene rings is 1. The summed E-state index contributed by atoms with van der Waals surface area (Å²) in [6.07, 6.45) is 6.89. The van der Waals surface area contributed by atoms with Crippen molar-refractivity contribution < 1.29 is 9.18 Å². The van der Waals surface area contributed by atoms with Gasteiger partial charge in [-0.1, -0.05) is 38.8 Å². The maximum atomic E-state index is 13.3. The van der Waals surface area contributed by atoms with Crippen LogP contribution in [0.4, 0.5) is 4.39 Å². The normalized spacial score (nSPS) is 20.9. The van der Waals surface area contributed by atoms with E-state index in [4.69, 9.17) is 0 Å². The zero-order valence-corrected chi connectivity index (χ0v) is 16.7. The van der Waals surface area contributed by atoms with E-state index in [-0.39, 0.29) is 17.8 Å². The van der Waals surface area contributed by atoms with Crippen molar-refractivity contribution in [1.82, 2.24) is 15.5 Å². The molecular formula is C22H34FN3O. The van der Waals surface area contributed by atoms with Gasteiger partial charge in [0.15, 0.2) is 0 Å². The number of piperidine rings is 1. The molecule has 2 aliphatic rings. The lowest BCUT2D eigenvalue weighted by Gasteiger charge is -2.33. The highest BCUT2D eigenvalue weighted by Gasteiger charge is 2.29. The second-order valence-corrected chi connectivity index (χ2v) is 8.51. The van der Waals surface area contributed by atoms with Crippen molar-refractivity contribution in [2.24, 2.45) is 5.92 Å². The Morgan fingerprint density at radius 2 is 1.74 bits per heavy atom. The van der Waals surface area contributed by atoms with Crippen molar-refractivity contribution in [3.05, 3.63) is 35.6 Å². The van der Waals surface area contributed by atoms with Gasteiger partial charge in [-0.05, 0) is 49.3 Å². The molecule has 27 heavy (non-hydrogen) atoms. The van der Waals surface area contributed by atoms with Crippen LogP contribution in [0.5, 0.6) is 0 Å². The topological polar surface area (TPSA) is 44.4 Å². The van der Waals surface area contributed by atoms with E-state index >= 15 is 0 Å². The van der Waals surface area contributed by atoms with E-state index in [0.29, 0.717) is 24.5 Å². The Labute approximate surface area is 162 Å². The van der Waals surface area contributed by atoms with Crippen LogP contribution >= 0.6 is 0 Å². The standard InChI is InChI=1S/C22H34FN3O/c1-16(2)24-20-11-13-26(14-12-20)15-21(27)25-22(17-5-3-4-6-17)18-7-9-19(23)10-8-18/h7-10,16-17,20,22,24H,3-6,11-15H2,1-2H3,(H,25,27)/t22-/m0/s1. The summed E-state index contributed by atoms with van der Waals surface area (Å²) < 4.78 is 13.3. The molecule has 2 N–H and O–H groups in total. The van der Waals surface area contributed by atoms with Gasteiger partial charge in [0.05, 0.1) is 12.6 Å². The maximum absolute atomic E-state index is 13.3. The molecule has 0 bridgehead atoms. The Bertz CT molecular complexity index is 590. The predicted molar refractivity (Wildman–Crippen MR) is 107 cm³/mol. The third kappa shape index (κ3) is 6.01. The largest absolute Gasteiger partial charge is 0.348 e. The lowest BCUT2D eigenvalue weighted by molar-refractivity contribution is -0.123. The van der Waals surface area contributed by atoms with E-state index in [2.05, 4.69) is 29.4 Å². The smallest absolute Gasteiger partial charge is 0.234 e. The van der Waals surface area contributed by atoms with E-state index in [9.17, 15) is 9.18 Å². The summed E-state index contributed by atoms with van der Waals surface area (Å²) >= 11 is 0. The number of halogens is 1.